The van der Waals surface area contributed by atoms with Crippen molar-refractivity contribution in [1.29, 1.82) is 5.26 Å². The van der Waals surface area contributed by atoms with Crippen LogP contribution < -0.4 is 5.32 Å². The molecule has 1 aromatic rings. The molecule has 5 heteroatoms. The number of hydrogen-bond acceptors (Lipinski definition) is 4. The van der Waals surface area contributed by atoms with Crippen LogP contribution in [0.4, 0.5) is 5.69 Å². The van der Waals surface area contributed by atoms with E-state index in [1.807, 2.05) is 13.8 Å². The standard InChI is InChI=1S/C15H19N3O2/c1-11-10-18(6-7-20-11)12(2)15(19)17-14-5-3-4-13(8-14)9-16/h3-5,8,11-12H,6-7,10H2,1-2H3,(H,17,19)/t11-,12+/m0/s1. The van der Waals surface area contributed by atoms with Crippen molar-refractivity contribution in [1.82, 2.24) is 4.90 Å². The van der Waals surface area contributed by atoms with Gasteiger partial charge in [-0.25, -0.2) is 0 Å². The molecule has 20 heavy (non-hydrogen) atoms. The maximum absolute atomic E-state index is 12.2. The maximum atomic E-state index is 12.2. The van der Waals surface area contributed by atoms with Gasteiger partial charge in [-0.2, -0.15) is 5.26 Å². The molecule has 0 radical (unpaired) electrons. The van der Waals surface area contributed by atoms with Gasteiger partial charge in [-0.3, -0.25) is 9.69 Å². The summed E-state index contributed by atoms with van der Waals surface area (Å²) in [6.45, 7) is 6.07. The molecule has 2 rings (SSSR count). The number of benzene rings is 1. The highest BCUT2D eigenvalue weighted by Gasteiger charge is 2.25. The summed E-state index contributed by atoms with van der Waals surface area (Å²) in [5, 5.41) is 11.7. The van der Waals surface area contributed by atoms with Crippen molar-refractivity contribution < 1.29 is 9.53 Å². The number of amides is 1. The predicted octanol–water partition coefficient (Wildman–Crippen LogP) is 1.61. The molecule has 1 amide bonds. The number of nitrogens with zero attached hydrogens (tertiary/aromatic N) is 2. The van der Waals surface area contributed by atoms with Gasteiger partial charge in [0, 0.05) is 18.8 Å². The van der Waals surface area contributed by atoms with E-state index in [-0.39, 0.29) is 18.1 Å². The fourth-order valence-corrected chi connectivity index (χ4v) is 2.28. The average molecular weight is 273 g/mol. The molecule has 1 heterocycles. The number of carbonyl (C=O) groups excluding carboxylic acids is 1. The summed E-state index contributed by atoms with van der Waals surface area (Å²) >= 11 is 0. The first-order valence-corrected chi connectivity index (χ1v) is 6.77. The number of rotatable bonds is 3. The molecule has 106 valence electrons. The summed E-state index contributed by atoms with van der Waals surface area (Å²) in [5.41, 5.74) is 1.19. The van der Waals surface area contributed by atoms with Crippen LogP contribution in [0.2, 0.25) is 0 Å². The highest BCUT2D eigenvalue weighted by atomic mass is 16.5. The average Bonchev–Trinajstić information content (AvgIpc) is 2.46. The van der Waals surface area contributed by atoms with Crippen molar-refractivity contribution in [3.05, 3.63) is 29.8 Å². The Kier molecular flexibility index (Phi) is 4.72. The summed E-state index contributed by atoms with van der Waals surface area (Å²) in [6.07, 6.45) is 0.154. The van der Waals surface area contributed by atoms with Crippen LogP contribution in [0, 0.1) is 11.3 Å². The smallest absolute Gasteiger partial charge is 0.241 e. The molecule has 0 bridgehead atoms. The van der Waals surface area contributed by atoms with E-state index < -0.39 is 0 Å². The number of hydrogen-bond donors (Lipinski definition) is 1. The van der Waals surface area contributed by atoms with Crippen molar-refractivity contribution in [2.45, 2.75) is 26.0 Å². The highest BCUT2D eigenvalue weighted by molar-refractivity contribution is 5.94. The second-order valence-corrected chi connectivity index (χ2v) is 5.03. The monoisotopic (exact) mass is 273 g/mol. The summed E-state index contributed by atoms with van der Waals surface area (Å²) in [6, 6.07) is 8.77. The molecule has 0 aliphatic carbocycles. The fraction of sp³-hybridized carbons (Fsp3) is 0.467. The largest absolute Gasteiger partial charge is 0.376 e. The van der Waals surface area contributed by atoms with Gasteiger partial charge in [0.1, 0.15) is 0 Å². The van der Waals surface area contributed by atoms with Crippen molar-refractivity contribution in [2.75, 3.05) is 25.0 Å². The van der Waals surface area contributed by atoms with E-state index in [0.29, 0.717) is 17.9 Å². The highest BCUT2D eigenvalue weighted by Crippen LogP contribution is 2.13. The minimum atomic E-state index is -0.216. The van der Waals surface area contributed by atoms with E-state index >= 15 is 0 Å². The van der Waals surface area contributed by atoms with Crippen molar-refractivity contribution in [3.8, 4) is 6.07 Å². The number of ether oxygens (including phenoxy) is 1. The summed E-state index contributed by atoms with van der Waals surface area (Å²) in [5.74, 6) is -0.0609. The topological polar surface area (TPSA) is 65.4 Å². The van der Waals surface area contributed by atoms with Gasteiger partial charge in [0.15, 0.2) is 0 Å². The molecule has 1 fully saturated rings. The van der Waals surface area contributed by atoms with Crippen LogP contribution in [0.15, 0.2) is 24.3 Å². The molecule has 0 aromatic heterocycles. The lowest BCUT2D eigenvalue weighted by Gasteiger charge is -2.34. The van der Waals surface area contributed by atoms with Gasteiger partial charge in [0.25, 0.3) is 0 Å². The Labute approximate surface area is 119 Å². The van der Waals surface area contributed by atoms with Crippen molar-refractivity contribution in [3.63, 3.8) is 0 Å². The molecule has 1 aliphatic rings. The predicted molar refractivity (Wildman–Crippen MR) is 76.2 cm³/mol. The quantitative estimate of drug-likeness (QED) is 0.908. The van der Waals surface area contributed by atoms with Gasteiger partial charge in [-0.1, -0.05) is 6.07 Å². The van der Waals surface area contributed by atoms with E-state index in [1.165, 1.54) is 0 Å². The molecular weight excluding hydrogens is 254 g/mol. The number of morpholine rings is 1. The van der Waals surface area contributed by atoms with Gasteiger partial charge in [0.05, 0.1) is 30.4 Å². The molecule has 2 atom stereocenters. The molecule has 1 N–H and O–H groups in total. The zero-order chi connectivity index (χ0) is 14.5. The van der Waals surface area contributed by atoms with Crippen LogP contribution in [0.3, 0.4) is 0 Å². The third kappa shape index (κ3) is 3.56. The third-order valence-electron chi connectivity index (χ3n) is 3.46. The Morgan fingerprint density at radius 1 is 1.60 bits per heavy atom. The Morgan fingerprint density at radius 2 is 2.40 bits per heavy atom. The molecule has 1 aliphatic heterocycles. The Bertz CT molecular complexity index is 524. The lowest BCUT2D eigenvalue weighted by atomic mass is 10.2. The van der Waals surface area contributed by atoms with E-state index in [4.69, 9.17) is 10.00 Å². The number of anilines is 1. The van der Waals surface area contributed by atoms with Gasteiger partial charge < -0.3 is 10.1 Å². The summed E-state index contributed by atoms with van der Waals surface area (Å²) in [4.78, 5) is 14.4. The van der Waals surface area contributed by atoms with E-state index in [1.54, 1.807) is 24.3 Å². The van der Waals surface area contributed by atoms with Crippen LogP contribution in [0.5, 0.6) is 0 Å². The number of carbonyl (C=O) groups is 1. The first kappa shape index (κ1) is 14.5. The van der Waals surface area contributed by atoms with Crippen molar-refractivity contribution in [2.24, 2.45) is 0 Å². The minimum absolute atomic E-state index is 0.0609. The second kappa shape index (κ2) is 6.51. The lowest BCUT2D eigenvalue weighted by Crippen LogP contribution is -2.50. The zero-order valence-electron chi connectivity index (χ0n) is 11.8. The maximum Gasteiger partial charge on any atom is 0.241 e. The molecule has 1 saturated heterocycles. The van der Waals surface area contributed by atoms with Crippen LogP contribution >= 0.6 is 0 Å². The molecular formula is C15H19N3O2. The molecule has 1 aromatic carbocycles. The lowest BCUT2D eigenvalue weighted by molar-refractivity contribution is -0.123. The van der Waals surface area contributed by atoms with Crippen LogP contribution in [0.1, 0.15) is 19.4 Å². The Balaban J connectivity index is 1.98. The zero-order valence-corrected chi connectivity index (χ0v) is 11.8. The van der Waals surface area contributed by atoms with Gasteiger partial charge in [-0.15, -0.1) is 0 Å². The van der Waals surface area contributed by atoms with Crippen molar-refractivity contribution >= 4 is 11.6 Å². The SMILES string of the molecule is C[C@H](C(=O)Nc1cccc(C#N)c1)N1CCO[C@@H](C)C1. The summed E-state index contributed by atoms with van der Waals surface area (Å²) in [7, 11) is 0. The minimum Gasteiger partial charge on any atom is -0.376 e. The molecule has 0 spiro atoms. The van der Waals surface area contributed by atoms with Gasteiger partial charge in [-0.05, 0) is 32.0 Å². The number of nitrogens with one attached hydrogen (secondary N) is 1. The van der Waals surface area contributed by atoms with E-state index in [0.717, 1.165) is 13.1 Å². The Hall–Kier alpha value is -1.90. The first-order valence-electron chi connectivity index (χ1n) is 6.77. The van der Waals surface area contributed by atoms with Gasteiger partial charge >= 0.3 is 0 Å². The van der Waals surface area contributed by atoms with E-state index in [9.17, 15) is 4.79 Å². The summed E-state index contributed by atoms with van der Waals surface area (Å²) < 4.78 is 5.48. The van der Waals surface area contributed by atoms with Crippen LogP contribution in [0.25, 0.3) is 0 Å². The first-order chi connectivity index (χ1) is 9.60. The van der Waals surface area contributed by atoms with Gasteiger partial charge in [0.2, 0.25) is 5.91 Å². The Morgan fingerprint density at radius 3 is 3.10 bits per heavy atom. The molecule has 5 nitrogen and oxygen atoms in total. The number of nitriles is 1. The fourth-order valence-electron chi connectivity index (χ4n) is 2.28. The molecule has 0 unspecified atom stereocenters. The van der Waals surface area contributed by atoms with Crippen LogP contribution in [-0.4, -0.2) is 42.6 Å². The van der Waals surface area contributed by atoms with E-state index in [2.05, 4.69) is 16.3 Å². The molecule has 0 saturated carbocycles. The van der Waals surface area contributed by atoms with Crippen LogP contribution in [-0.2, 0) is 9.53 Å². The third-order valence-corrected chi connectivity index (χ3v) is 3.46. The normalized spacial score (nSPS) is 20.9. The second-order valence-electron chi connectivity index (χ2n) is 5.03.